The Morgan fingerprint density at radius 1 is 1.07 bits per heavy atom. The number of amides is 1. The zero-order valence-electron chi connectivity index (χ0n) is 15.9. The number of fused-ring (bicyclic) bond motifs is 3. The van der Waals surface area contributed by atoms with Crippen LogP contribution in [0.2, 0.25) is 0 Å². The van der Waals surface area contributed by atoms with Crippen LogP contribution < -0.4 is 5.32 Å². The zero-order chi connectivity index (χ0) is 20.4. The lowest BCUT2D eigenvalue weighted by Gasteiger charge is -2.36. The van der Waals surface area contributed by atoms with Gasteiger partial charge < -0.3 is 30.1 Å². The Hall–Kier alpha value is -2.45. The molecule has 4 rings (SSSR count). The maximum Gasteiger partial charge on any atom is 0.407 e. The zero-order valence-corrected chi connectivity index (χ0v) is 15.9. The highest BCUT2D eigenvalue weighted by Gasteiger charge is 2.36. The van der Waals surface area contributed by atoms with E-state index < -0.39 is 37.1 Å². The fraction of sp³-hybridized carbons (Fsp3) is 0.409. The van der Waals surface area contributed by atoms with Crippen molar-refractivity contribution in [2.45, 2.75) is 36.8 Å². The minimum Gasteiger partial charge on any atom is -0.449 e. The first-order valence-corrected chi connectivity index (χ1v) is 9.79. The van der Waals surface area contributed by atoms with Gasteiger partial charge in [-0.15, -0.1) is 0 Å². The predicted octanol–water partition coefficient (Wildman–Crippen LogP) is 1.40. The van der Waals surface area contributed by atoms with Gasteiger partial charge in [-0.25, -0.2) is 4.79 Å². The highest BCUT2D eigenvalue weighted by atomic mass is 16.6. The van der Waals surface area contributed by atoms with Gasteiger partial charge >= 0.3 is 6.09 Å². The van der Waals surface area contributed by atoms with Crippen molar-refractivity contribution in [2.75, 3.05) is 19.8 Å². The number of hydrogen-bond acceptors (Lipinski definition) is 6. The average molecular weight is 399 g/mol. The summed E-state index contributed by atoms with van der Waals surface area (Å²) in [6.07, 6.45) is -3.92. The summed E-state index contributed by atoms with van der Waals surface area (Å²) in [4.78, 5) is 12.2. The van der Waals surface area contributed by atoms with Crippen LogP contribution in [0, 0.1) is 0 Å². The third kappa shape index (κ3) is 4.00. The van der Waals surface area contributed by atoms with Crippen LogP contribution in [0.3, 0.4) is 0 Å². The van der Waals surface area contributed by atoms with Gasteiger partial charge in [0.05, 0.1) is 18.8 Å². The van der Waals surface area contributed by atoms with Crippen LogP contribution in [0.15, 0.2) is 48.5 Å². The summed E-state index contributed by atoms with van der Waals surface area (Å²) in [6.45, 7) is -0.0669. The van der Waals surface area contributed by atoms with Crippen molar-refractivity contribution in [3.05, 3.63) is 59.7 Å². The summed E-state index contributed by atoms with van der Waals surface area (Å²) in [7, 11) is 0. The summed E-state index contributed by atoms with van der Waals surface area (Å²) in [6, 6.07) is 16.2. The second-order valence-electron chi connectivity index (χ2n) is 7.48. The lowest BCUT2D eigenvalue weighted by atomic mass is 9.98. The first-order chi connectivity index (χ1) is 14.1. The molecule has 0 bridgehead atoms. The number of carbonyl (C=O) groups is 1. The van der Waals surface area contributed by atoms with Gasteiger partial charge in [-0.2, -0.15) is 0 Å². The molecule has 2 aromatic rings. The van der Waals surface area contributed by atoms with Crippen molar-refractivity contribution in [2.24, 2.45) is 0 Å². The van der Waals surface area contributed by atoms with Crippen LogP contribution in [0.1, 0.15) is 23.5 Å². The second-order valence-corrected chi connectivity index (χ2v) is 7.48. The fourth-order valence-electron chi connectivity index (χ4n) is 4.17. The van der Waals surface area contributed by atoms with E-state index in [1.165, 1.54) is 0 Å². The summed E-state index contributed by atoms with van der Waals surface area (Å²) < 4.78 is 11.0. The van der Waals surface area contributed by atoms with E-state index in [-0.39, 0.29) is 25.5 Å². The van der Waals surface area contributed by atoms with Crippen molar-refractivity contribution >= 4 is 6.09 Å². The quantitative estimate of drug-likeness (QED) is 0.605. The third-order valence-electron chi connectivity index (χ3n) is 5.64. The molecule has 0 aromatic heterocycles. The SMILES string of the molecule is O=C(NC[C@H]1C[C@@H](O)[C@@H](O)[C@@H](CO)O1)OCC1c2ccccc2-c2ccccc21. The molecule has 0 saturated carbocycles. The molecule has 1 aliphatic carbocycles. The number of rotatable bonds is 5. The minimum atomic E-state index is -1.13. The van der Waals surface area contributed by atoms with Crippen molar-refractivity contribution in [1.29, 1.82) is 0 Å². The molecule has 7 heteroatoms. The molecule has 1 fully saturated rings. The molecule has 154 valence electrons. The normalized spacial score (nSPS) is 25.9. The van der Waals surface area contributed by atoms with E-state index in [0.29, 0.717) is 0 Å². The number of ether oxygens (including phenoxy) is 2. The number of aliphatic hydroxyl groups is 3. The number of hydrogen-bond donors (Lipinski definition) is 4. The lowest BCUT2D eigenvalue weighted by molar-refractivity contribution is -0.177. The molecule has 1 heterocycles. The van der Waals surface area contributed by atoms with Crippen LogP contribution >= 0.6 is 0 Å². The molecule has 4 atom stereocenters. The third-order valence-corrected chi connectivity index (χ3v) is 5.64. The van der Waals surface area contributed by atoms with Crippen LogP contribution in [0.4, 0.5) is 4.79 Å². The maximum absolute atomic E-state index is 12.2. The van der Waals surface area contributed by atoms with E-state index in [9.17, 15) is 20.1 Å². The molecule has 2 aliphatic rings. The molecule has 1 amide bonds. The predicted molar refractivity (Wildman–Crippen MR) is 105 cm³/mol. The minimum absolute atomic E-state index is 0.0187. The molecule has 29 heavy (non-hydrogen) atoms. The number of benzene rings is 2. The number of alkyl carbamates (subject to hydrolysis) is 1. The Labute approximate surface area is 168 Å². The van der Waals surface area contributed by atoms with Crippen LogP contribution in [0.25, 0.3) is 11.1 Å². The number of nitrogens with one attached hydrogen (secondary N) is 1. The van der Waals surface area contributed by atoms with Crippen LogP contribution in [-0.4, -0.2) is 65.6 Å². The molecular weight excluding hydrogens is 374 g/mol. The van der Waals surface area contributed by atoms with Gasteiger partial charge in [-0.3, -0.25) is 0 Å². The Balaban J connectivity index is 1.34. The largest absolute Gasteiger partial charge is 0.449 e. The van der Waals surface area contributed by atoms with Crippen molar-refractivity contribution < 1.29 is 29.6 Å². The van der Waals surface area contributed by atoms with Gasteiger partial charge in [0.25, 0.3) is 0 Å². The molecular formula is C22H25NO6. The highest BCUT2D eigenvalue weighted by molar-refractivity contribution is 5.79. The maximum atomic E-state index is 12.2. The van der Waals surface area contributed by atoms with E-state index in [2.05, 4.69) is 29.6 Å². The van der Waals surface area contributed by atoms with E-state index in [0.717, 1.165) is 22.3 Å². The van der Waals surface area contributed by atoms with E-state index in [4.69, 9.17) is 9.47 Å². The molecule has 2 aromatic carbocycles. The Morgan fingerprint density at radius 2 is 1.69 bits per heavy atom. The second kappa shape index (κ2) is 8.51. The van der Waals surface area contributed by atoms with E-state index >= 15 is 0 Å². The average Bonchev–Trinajstić information content (AvgIpc) is 3.07. The van der Waals surface area contributed by atoms with Gasteiger partial charge in [0, 0.05) is 18.9 Å². The summed E-state index contributed by atoms with van der Waals surface area (Å²) in [5, 5.41) is 31.5. The van der Waals surface area contributed by atoms with Crippen molar-refractivity contribution in [3.8, 4) is 11.1 Å². The smallest absolute Gasteiger partial charge is 0.407 e. The molecule has 0 unspecified atom stereocenters. The Morgan fingerprint density at radius 3 is 2.31 bits per heavy atom. The summed E-state index contributed by atoms with van der Waals surface area (Å²) in [5.41, 5.74) is 4.60. The Bertz CT molecular complexity index is 826. The fourth-order valence-corrected chi connectivity index (χ4v) is 4.17. The monoisotopic (exact) mass is 399 g/mol. The van der Waals surface area contributed by atoms with Gasteiger partial charge in [0.2, 0.25) is 0 Å². The molecule has 1 aliphatic heterocycles. The van der Waals surface area contributed by atoms with E-state index in [1.807, 2.05) is 24.3 Å². The first-order valence-electron chi connectivity index (χ1n) is 9.79. The van der Waals surface area contributed by atoms with Crippen LogP contribution in [0.5, 0.6) is 0 Å². The lowest BCUT2D eigenvalue weighted by Crippen LogP contribution is -2.52. The van der Waals surface area contributed by atoms with E-state index in [1.54, 1.807) is 0 Å². The first kappa shape index (κ1) is 19.8. The van der Waals surface area contributed by atoms with Crippen molar-refractivity contribution in [3.63, 3.8) is 0 Å². The van der Waals surface area contributed by atoms with Gasteiger partial charge in [-0.1, -0.05) is 48.5 Å². The summed E-state index contributed by atoms with van der Waals surface area (Å²) >= 11 is 0. The number of aliphatic hydroxyl groups excluding tert-OH is 3. The van der Waals surface area contributed by atoms with Gasteiger partial charge in [-0.05, 0) is 22.3 Å². The van der Waals surface area contributed by atoms with Crippen LogP contribution in [-0.2, 0) is 9.47 Å². The highest BCUT2D eigenvalue weighted by Crippen LogP contribution is 2.44. The Kier molecular flexibility index (Phi) is 5.82. The topological polar surface area (TPSA) is 108 Å². The molecule has 0 radical (unpaired) electrons. The standard InChI is InChI=1S/C22H25NO6/c24-11-20-21(26)19(25)9-13(29-20)10-23-22(27)28-12-18-16-7-3-1-5-14(16)15-6-2-4-8-17(15)18/h1-8,13,18-21,24-26H,9-12H2,(H,23,27)/t13-,19-,20-,21-/m1/s1. The number of carbonyl (C=O) groups excluding carboxylic acids is 1. The molecule has 7 nitrogen and oxygen atoms in total. The summed E-state index contributed by atoms with van der Waals surface area (Å²) in [5.74, 6) is -0.0187. The molecule has 0 spiro atoms. The van der Waals surface area contributed by atoms with Crippen molar-refractivity contribution in [1.82, 2.24) is 5.32 Å². The molecule has 1 saturated heterocycles. The molecule has 4 N–H and O–H groups in total. The van der Waals surface area contributed by atoms with Gasteiger partial charge in [0.15, 0.2) is 0 Å². The van der Waals surface area contributed by atoms with Gasteiger partial charge in [0.1, 0.15) is 18.8 Å².